The molecule has 0 fully saturated rings. The second kappa shape index (κ2) is 8.14. The Hall–Kier alpha value is -3.68. The van der Waals surface area contributed by atoms with Crippen molar-refractivity contribution in [3.63, 3.8) is 0 Å². The summed E-state index contributed by atoms with van der Waals surface area (Å²) in [5.74, 6) is -5.90. The third kappa shape index (κ3) is 4.43. The molecule has 0 unspecified atom stereocenters. The summed E-state index contributed by atoms with van der Waals surface area (Å²) in [6.07, 6.45) is 2.44. The van der Waals surface area contributed by atoms with Crippen molar-refractivity contribution in [2.45, 2.75) is 13.8 Å². The Balaban J connectivity index is 1.79. The van der Waals surface area contributed by atoms with Gasteiger partial charge in [0.25, 0.3) is 11.8 Å². The molecule has 1 heterocycles. The molecule has 0 aliphatic carbocycles. The molecule has 2 amide bonds. The molecule has 8 heteroatoms. The van der Waals surface area contributed by atoms with Gasteiger partial charge in [0.05, 0.1) is 16.8 Å². The van der Waals surface area contributed by atoms with Gasteiger partial charge in [-0.15, -0.1) is 0 Å². The highest BCUT2D eigenvalue weighted by molar-refractivity contribution is 6.08. The summed E-state index contributed by atoms with van der Waals surface area (Å²) in [6.45, 7) is 3.78. The Morgan fingerprint density at radius 3 is 2.00 bits per heavy atom. The number of anilines is 2. The first-order chi connectivity index (χ1) is 13.8. The minimum atomic E-state index is -1.69. The number of halogens is 3. The number of pyridine rings is 1. The summed E-state index contributed by atoms with van der Waals surface area (Å²) in [5.41, 5.74) is 2.04. The Morgan fingerprint density at radius 1 is 0.793 bits per heavy atom. The lowest BCUT2D eigenvalue weighted by molar-refractivity contribution is 0.102. The SMILES string of the molecule is Cc1ccc(NC(=O)c2cncc(C(=O)Nc3ccc(F)c(F)c3F)c2)c(C)c1. The molecule has 0 saturated carbocycles. The van der Waals surface area contributed by atoms with Gasteiger partial charge in [0.1, 0.15) is 0 Å². The molecule has 2 aromatic carbocycles. The van der Waals surface area contributed by atoms with Crippen LogP contribution in [0.2, 0.25) is 0 Å². The highest BCUT2D eigenvalue weighted by atomic mass is 19.2. The molecule has 5 nitrogen and oxygen atoms in total. The Bertz CT molecular complexity index is 1120. The molecule has 0 bridgehead atoms. The summed E-state index contributed by atoms with van der Waals surface area (Å²) in [7, 11) is 0. The maximum atomic E-state index is 13.7. The molecule has 3 aromatic rings. The molecule has 3 rings (SSSR count). The molecule has 0 saturated heterocycles. The third-order valence-corrected chi connectivity index (χ3v) is 4.18. The van der Waals surface area contributed by atoms with E-state index in [1.807, 2.05) is 26.0 Å². The van der Waals surface area contributed by atoms with Crippen LogP contribution in [-0.4, -0.2) is 16.8 Å². The van der Waals surface area contributed by atoms with Gasteiger partial charge in [-0.3, -0.25) is 14.6 Å². The van der Waals surface area contributed by atoms with E-state index < -0.39 is 35.0 Å². The number of carbonyl (C=O) groups is 2. The summed E-state index contributed by atoms with van der Waals surface area (Å²) in [4.78, 5) is 28.7. The number of rotatable bonds is 4. The average Bonchev–Trinajstić information content (AvgIpc) is 2.70. The zero-order chi connectivity index (χ0) is 21.1. The maximum absolute atomic E-state index is 13.7. The van der Waals surface area contributed by atoms with Crippen LogP contribution in [0.15, 0.2) is 48.8 Å². The van der Waals surface area contributed by atoms with Crippen LogP contribution in [0, 0.1) is 31.3 Å². The number of aryl methyl sites for hydroxylation is 2. The smallest absolute Gasteiger partial charge is 0.257 e. The van der Waals surface area contributed by atoms with E-state index in [4.69, 9.17) is 0 Å². The van der Waals surface area contributed by atoms with E-state index in [0.29, 0.717) is 11.8 Å². The van der Waals surface area contributed by atoms with E-state index in [1.165, 1.54) is 18.5 Å². The maximum Gasteiger partial charge on any atom is 0.257 e. The first-order valence-electron chi connectivity index (χ1n) is 8.55. The van der Waals surface area contributed by atoms with Gasteiger partial charge < -0.3 is 10.6 Å². The lowest BCUT2D eigenvalue weighted by Gasteiger charge is -2.10. The van der Waals surface area contributed by atoms with E-state index in [2.05, 4.69) is 15.6 Å². The van der Waals surface area contributed by atoms with E-state index in [-0.39, 0.29) is 11.1 Å². The minimum absolute atomic E-state index is 0.0533. The molecular formula is C21H16F3N3O2. The van der Waals surface area contributed by atoms with Crippen LogP contribution < -0.4 is 10.6 Å². The van der Waals surface area contributed by atoms with Gasteiger partial charge >= 0.3 is 0 Å². The van der Waals surface area contributed by atoms with Crippen molar-refractivity contribution in [1.82, 2.24) is 4.98 Å². The number of hydrogen-bond donors (Lipinski definition) is 2. The fourth-order valence-corrected chi connectivity index (χ4v) is 2.65. The molecule has 0 spiro atoms. The molecule has 29 heavy (non-hydrogen) atoms. The van der Waals surface area contributed by atoms with Crippen molar-refractivity contribution in [1.29, 1.82) is 0 Å². The number of carbonyl (C=O) groups excluding carboxylic acids is 2. The van der Waals surface area contributed by atoms with Gasteiger partial charge in [0.2, 0.25) is 0 Å². The highest BCUT2D eigenvalue weighted by Crippen LogP contribution is 2.21. The lowest BCUT2D eigenvalue weighted by atomic mass is 10.1. The van der Waals surface area contributed by atoms with Crippen molar-refractivity contribution in [3.05, 3.63) is 88.5 Å². The van der Waals surface area contributed by atoms with E-state index in [0.717, 1.165) is 17.2 Å². The Kier molecular flexibility index (Phi) is 5.63. The van der Waals surface area contributed by atoms with Crippen molar-refractivity contribution in [2.75, 3.05) is 10.6 Å². The van der Waals surface area contributed by atoms with Crippen molar-refractivity contribution in [2.24, 2.45) is 0 Å². The number of benzene rings is 2. The van der Waals surface area contributed by atoms with Crippen LogP contribution in [0.4, 0.5) is 24.5 Å². The van der Waals surface area contributed by atoms with E-state index >= 15 is 0 Å². The van der Waals surface area contributed by atoms with Crippen molar-refractivity contribution in [3.8, 4) is 0 Å². The summed E-state index contributed by atoms with van der Waals surface area (Å²) < 4.78 is 40.1. The predicted octanol–water partition coefficient (Wildman–Crippen LogP) is 4.62. The first-order valence-corrected chi connectivity index (χ1v) is 8.55. The highest BCUT2D eigenvalue weighted by Gasteiger charge is 2.17. The van der Waals surface area contributed by atoms with Gasteiger partial charge in [-0.2, -0.15) is 0 Å². The Labute approximate surface area is 164 Å². The van der Waals surface area contributed by atoms with E-state index in [9.17, 15) is 22.8 Å². The zero-order valence-electron chi connectivity index (χ0n) is 15.5. The number of nitrogens with zero attached hydrogens (tertiary/aromatic N) is 1. The predicted molar refractivity (Wildman–Crippen MR) is 102 cm³/mol. The van der Waals surface area contributed by atoms with Gasteiger partial charge in [-0.05, 0) is 43.7 Å². The first kappa shape index (κ1) is 20.1. The fourth-order valence-electron chi connectivity index (χ4n) is 2.65. The van der Waals surface area contributed by atoms with Crippen LogP contribution in [-0.2, 0) is 0 Å². The minimum Gasteiger partial charge on any atom is -0.322 e. The normalized spacial score (nSPS) is 10.5. The summed E-state index contributed by atoms with van der Waals surface area (Å²) >= 11 is 0. The van der Waals surface area contributed by atoms with E-state index in [1.54, 1.807) is 6.07 Å². The van der Waals surface area contributed by atoms with Crippen molar-refractivity contribution >= 4 is 23.2 Å². The van der Waals surface area contributed by atoms with Crippen LogP contribution in [0.25, 0.3) is 0 Å². The number of amides is 2. The lowest BCUT2D eigenvalue weighted by Crippen LogP contribution is -2.17. The molecule has 1 aromatic heterocycles. The van der Waals surface area contributed by atoms with Crippen LogP contribution in [0.5, 0.6) is 0 Å². The quantitative estimate of drug-likeness (QED) is 0.629. The van der Waals surface area contributed by atoms with Crippen LogP contribution >= 0.6 is 0 Å². The zero-order valence-corrected chi connectivity index (χ0v) is 15.5. The summed E-state index contributed by atoms with van der Waals surface area (Å²) in [5, 5.41) is 4.86. The molecule has 0 aliphatic rings. The van der Waals surface area contributed by atoms with Crippen LogP contribution in [0.1, 0.15) is 31.8 Å². The molecule has 0 radical (unpaired) electrons. The monoisotopic (exact) mass is 399 g/mol. The van der Waals surface area contributed by atoms with Gasteiger partial charge in [0, 0.05) is 18.1 Å². The number of nitrogens with one attached hydrogen (secondary N) is 2. The van der Waals surface area contributed by atoms with Crippen LogP contribution in [0.3, 0.4) is 0 Å². The molecule has 0 aliphatic heterocycles. The fraction of sp³-hybridized carbons (Fsp3) is 0.0952. The van der Waals surface area contributed by atoms with Gasteiger partial charge in [-0.25, -0.2) is 13.2 Å². The van der Waals surface area contributed by atoms with Crippen molar-refractivity contribution < 1.29 is 22.8 Å². The standard InChI is InChI=1S/C21H16F3N3O2/c1-11-3-5-16(12(2)7-11)26-20(28)13-8-14(10-25-9-13)21(29)27-17-6-4-15(22)18(23)19(17)24/h3-10H,1-2H3,(H,26,28)(H,27,29). The van der Waals surface area contributed by atoms with Gasteiger partial charge in [-0.1, -0.05) is 17.7 Å². The molecule has 0 atom stereocenters. The average molecular weight is 399 g/mol. The third-order valence-electron chi connectivity index (χ3n) is 4.18. The largest absolute Gasteiger partial charge is 0.322 e. The number of aromatic nitrogens is 1. The molecular weight excluding hydrogens is 383 g/mol. The van der Waals surface area contributed by atoms with Gasteiger partial charge in [0.15, 0.2) is 17.5 Å². The topological polar surface area (TPSA) is 71.1 Å². The second-order valence-electron chi connectivity index (χ2n) is 6.41. The Morgan fingerprint density at radius 2 is 1.38 bits per heavy atom. The molecule has 2 N–H and O–H groups in total. The second-order valence-corrected chi connectivity index (χ2v) is 6.41. The summed E-state index contributed by atoms with van der Waals surface area (Å²) in [6, 6.07) is 8.38. The molecule has 148 valence electrons. The number of hydrogen-bond acceptors (Lipinski definition) is 3.